The molecular weight excluding hydrogens is 1010 g/mol. The van der Waals surface area contributed by atoms with E-state index in [0.717, 1.165) is 32.1 Å². The Morgan fingerprint density at radius 3 is 1.27 bits per heavy atom. The molecule has 79 heavy (non-hydrogen) atoms. The minimum atomic E-state index is -1.65. The van der Waals surface area contributed by atoms with Crippen molar-refractivity contribution in [2.75, 3.05) is 19.8 Å². The van der Waals surface area contributed by atoms with Crippen LogP contribution in [0, 0.1) is 0 Å². The van der Waals surface area contributed by atoms with Crippen molar-refractivity contribution in [1.82, 2.24) is 9.80 Å². The number of ether oxygens (including phenoxy) is 9. The summed E-state index contributed by atoms with van der Waals surface area (Å²) in [6.45, 7) is 5.08. The third-order valence-electron chi connectivity index (χ3n) is 14.3. The van der Waals surface area contributed by atoms with Gasteiger partial charge in [-0.1, -0.05) is 152 Å². The lowest BCUT2D eigenvalue weighted by atomic mass is 9.92. The lowest BCUT2D eigenvalue weighted by Gasteiger charge is -2.52. The Kier molecular flexibility index (Phi) is 18.0. The van der Waals surface area contributed by atoms with Gasteiger partial charge < -0.3 is 42.6 Å². The third kappa shape index (κ3) is 12.5. The Morgan fingerprint density at radius 1 is 0.481 bits per heavy atom. The average Bonchev–Trinajstić information content (AvgIpc) is 4.17. The van der Waals surface area contributed by atoms with Gasteiger partial charge in [-0.15, -0.1) is 6.58 Å². The number of carbonyl (C=O) groups is 5. The van der Waals surface area contributed by atoms with Crippen molar-refractivity contribution in [2.45, 2.75) is 107 Å². The van der Waals surface area contributed by atoms with Crippen LogP contribution in [0.15, 0.2) is 183 Å². The van der Waals surface area contributed by atoms with Gasteiger partial charge in [-0.2, -0.15) is 0 Å². The fourth-order valence-corrected chi connectivity index (χ4v) is 10.5. The number of carbonyl (C=O) groups excluding carboxylic acids is 5. The lowest BCUT2D eigenvalue weighted by molar-refractivity contribution is -0.349. The summed E-state index contributed by atoms with van der Waals surface area (Å²) in [5, 5.41) is 0. The van der Waals surface area contributed by atoms with E-state index in [2.05, 4.69) is 6.58 Å². The van der Waals surface area contributed by atoms with Crippen LogP contribution in [-0.4, -0.2) is 121 Å². The van der Waals surface area contributed by atoms with E-state index in [9.17, 15) is 24.0 Å². The Bertz CT molecular complexity index is 2990. The predicted molar refractivity (Wildman–Crippen MR) is 287 cm³/mol. The summed E-state index contributed by atoms with van der Waals surface area (Å²) in [7, 11) is 0. The van der Waals surface area contributed by atoms with Crippen LogP contribution in [0.1, 0.15) is 83.5 Å². The second-order valence-corrected chi connectivity index (χ2v) is 19.6. The predicted octanol–water partition coefficient (Wildman–Crippen LogP) is 8.67. The number of benzene rings is 6. The number of esters is 1. The number of amides is 4. The molecule has 10 atom stereocenters. The van der Waals surface area contributed by atoms with Gasteiger partial charge in [0.25, 0.3) is 23.6 Å². The summed E-state index contributed by atoms with van der Waals surface area (Å²) < 4.78 is 61.1. The van der Waals surface area contributed by atoms with Gasteiger partial charge in [0.2, 0.25) is 0 Å². The minimum Gasteiger partial charge on any atom is -0.457 e. The molecule has 0 bridgehead atoms. The first-order valence-electron chi connectivity index (χ1n) is 26.5. The molecule has 0 radical (unpaired) electrons. The maximum atomic E-state index is 15.0. The number of hydrogen-bond donors (Lipinski definition) is 0. The van der Waals surface area contributed by atoms with Gasteiger partial charge in [0.1, 0.15) is 42.6 Å². The molecule has 408 valence electrons. The highest BCUT2D eigenvalue weighted by molar-refractivity contribution is 6.22. The number of hydrogen-bond acceptors (Lipinski definition) is 14. The maximum absolute atomic E-state index is 15.0. The lowest BCUT2D eigenvalue weighted by Crippen LogP contribution is -2.71. The van der Waals surface area contributed by atoms with Gasteiger partial charge in [-0.05, 0) is 59.4 Å². The Morgan fingerprint density at radius 2 is 0.848 bits per heavy atom. The van der Waals surface area contributed by atoms with Crippen LogP contribution in [0.25, 0.3) is 0 Å². The van der Waals surface area contributed by atoms with E-state index in [1.807, 2.05) is 121 Å². The number of fused-ring (bicyclic) bond motifs is 2. The molecule has 0 N–H and O–H groups in total. The van der Waals surface area contributed by atoms with Crippen molar-refractivity contribution in [1.29, 1.82) is 0 Å². The first-order chi connectivity index (χ1) is 38.7. The van der Waals surface area contributed by atoms with E-state index in [1.165, 1.54) is 6.92 Å². The molecule has 0 unspecified atom stereocenters. The van der Waals surface area contributed by atoms with Crippen molar-refractivity contribution in [2.24, 2.45) is 0 Å². The quantitative estimate of drug-likeness (QED) is 0.0244. The monoisotopic (exact) mass is 1070 g/mol. The number of unbranched alkanes of at least 4 members (excludes halogenated alkanes) is 1. The molecule has 0 aromatic heterocycles. The first kappa shape index (κ1) is 54.8. The van der Waals surface area contributed by atoms with Gasteiger partial charge in [0, 0.05) is 6.92 Å². The fourth-order valence-electron chi connectivity index (χ4n) is 10.5. The molecule has 16 heteroatoms. The second-order valence-electron chi connectivity index (χ2n) is 19.6. The molecule has 4 amide bonds. The highest BCUT2D eigenvalue weighted by Crippen LogP contribution is 2.41. The molecule has 4 heterocycles. The summed E-state index contributed by atoms with van der Waals surface area (Å²) >= 11 is 0. The zero-order chi connectivity index (χ0) is 54.7. The highest BCUT2D eigenvalue weighted by atomic mass is 16.7. The number of nitrogens with zero attached hydrogens (tertiary/aromatic N) is 2. The maximum Gasteiger partial charge on any atom is 0.303 e. The van der Waals surface area contributed by atoms with E-state index >= 15 is 0 Å². The van der Waals surface area contributed by atoms with Crippen LogP contribution >= 0.6 is 0 Å². The summed E-state index contributed by atoms with van der Waals surface area (Å²) in [6, 6.07) is 47.8. The molecule has 10 rings (SSSR count). The molecule has 0 aliphatic carbocycles. The zero-order valence-electron chi connectivity index (χ0n) is 43.7. The average molecular weight is 1070 g/mol. The Labute approximate surface area is 458 Å². The van der Waals surface area contributed by atoms with Crippen molar-refractivity contribution >= 4 is 29.6 Å². The van der Waals surface area contributed by atoms with Crippen molar-refractivity contribution in [3.63, 3.8) is 0 Å². The Hall–Kier alpha value is -7.51. The summed E-state index contributed by atoms with van der Waals surface area (Å²) in [5.41, 5.74) is 3.83. The van der Waals surface area contributed by atoms with Gasteiger partial charge in [0.05, 0.1) is 68.5 Å². The third-order valence-corrected chi connectivity index (χ3v) is 14.3. The van der Waals surface area contributed by atoms with Crippen LogP contribution < -0.4 is 0 Å². The first-order valence-corrected chi connectivity index (χ1v) is 26.5. The normalized spacial score (nSPS) is 24.6. The molecule has 6 aromatic rings. The van der Waals surface area contributed by atoms with Crippen LogP contribution in [-0.2, 0) is 73.9 Å². The standard InChI is InChI=1S/C63H62N2O14/c1-3-4-21-34-73-62-52(64-58(67)46-30-17-18-31-47(46)59(64)68)56(74-37-44-26-13-7-14-27-44)55(51(77-62)40-72-36-43-24-11-6-12-25-43)79-63-53(65-60(69)48-32-19-20-33-49(48)61(65)70)57(75-38-45-28-15-8-16-29-45)54(76-41(2)66)50(78-63)39-71-35-42-22-9-5-10-23-42/h3,5-20,22-33,50-57,62-63H,1,4,21,34-40H2,2H3/t50-,51-,52-,53-,54-,55-,56-,57-,62-,63+/m1/s1. The van der Waals surface area contributed by atoms with E-state index in [1.54, 1.807) is 54.6 Å². The smallest absolute Gasteiger partial charge is 0.303 e. The summed E-state index contributed by atoms with van der Waals surface area (Å²) in [4.78, 5) is 75.2. The SMILES string of the molecule is C=CCCCO[C@@H]1O[C@H](COCc2ccccc2)[C@@H](O[C@@H]2O[C@H](COCc3ccccc3)[C@@H](OC(C)=O)[C@H](OCc3ccccc3)[C@H]2N2C(=O)c3ccccc3C2=O)[C@H](OCc2ccccc2)[C@H]1N1C(=O)c2ccccc2C1=O. The highest BCUT2D eigenvalue weighted by Gasteiger charge is 2.60. The molecule has 0 saturated carbocycles. The van der Waals surface area contributed by atoms with Crippen molar-refractivity contribution in [3.8, 4) is 0 Å². The van der Waals surface area contributed by atoms with E-state index in [4.69, 9.17) is 42.6 Å². The van der Waals surface area contributed by atoms with Crippen LogP contribution in [0.4, 0.5) is 0 Å². The van der Waals surface area contributed by atoms with Gasteiger partial charge >= 0.3 is 5.97 Å². The van der Waals surface area contributed by atoms with Gasteiger partial charge in [-0.25, -0.2) is 0 Å². The van der Waals surface area contributed by atoms with E-state index in [-0.39, 0.29) is 68.5 Å². The van der Waals surface area contributed by atoms with Gasteiger partial charge in [0.15, 0.2) is 18.7 Å². The molecule has 2 saturated heterocycles. The fraction of sp³-hybridized carbons (Fsp3) is 0.317. The number of allylic oxidation sites excluding steroid dienone is 1. The molecule has 6 aromatic carbocycles. The minimum absolute atomic E-state index is 0.0491. The molecule has 16 nitrogen and oxygen atoms in total. The summed E-state index contributed by atoms with van der Waals surface area (Å²) in [6.07, 6.45) is -7.68. The largest absolute Gasteiger partial charge is 0.457 e. The van der Waals surface area contributed by atoms with Gasteiger partial charge in [-0.3, -0.25) is 33.8 Å². The Balaban J connectivity index is 1.12. The molecule has 4 aliphatic rings. The molecular formula is C63H62N2O14. The van der Waals surface area contributed by atoms with E-state index < -0.39 is 90.9 Å². The second kappa shape index (κ2) is 26.0. The zero-order valence-corrected chi connectivity index (χ0v) is 43.7. The van der Waals surface area contributed by atoms with Crippen LogP contribution in [0.2, 0.25) is 0 Å². The number of rotatable bonds is 24. The van der Waals surface area contributed by atoms with Crippen LogP contribution in [0.3, 0.4) is 0 Å². The summed E-state index contributed by atoms with van der Waals surface area (Å²) in [5.74, 6) is -3.25. The molecule has 2 fully saturated rings. The molecule has 0 spiro atoms. The van der Waals surface area contributed by atoms with Crippen molar-refractivity contribution in [3.05, 3.63) is 227 Å². The number of imide groups is 2. The molecule has 4 aliphatic heterocycles. The topological polar surface area (TPSA) is 175 Å². The van der Waals surface area contributed by atoms with Crippen molar-refractivity contribution < 1.29 is 66.6 Å². The van der Waals surface area contributed by atoms with Crippen LogP contribution in [0.5, 0.6) is 0 Å². The van der Waals surface area contributed by atoms with E-state index in [0.29, 0.717) is 12.8 Å².